The maximum atomic E-state index is 16.5. The number of amides is 2. The van der Waals surface area contributed by atoms with E-state index in [1.165, 1.54) is 60.7 Å². The molecule has 6 aromatic rings. The molecular formula is C51H54F5N7O8S2. The first-order valence-corrected chi connectivity index (χ1v) is 25.7. The number of nitrogens with zero attached hydrogens (tertiary/aromatic N) is 3. The predicted octanol–water partition coefficient (Wildman–Crippen LogP) is 9.29. The zero-order chi connectivity index (χ0) is 53.7. The maximum absolute atomic E-state index is 16.5. The Bertz CT molecular complexity index is 3290. The molecule has 6 N–H and O–H groups in total. The normalized spacial score (nSPS) is 14.4. The average Bonchev–Trinajstić information content (AvgIpc) is 3.58. The molecule has 15 nitrogen and oxygen atoms in total. The van der Waals surface area contributed by atoms with Gasteiger partial charge in [0.15, 0.2) is 27.5 Å². The quantitative estimate of drug-likeness (QED) is 0.0705. The highest BCUT2D eigenvalue weighted by Gasteiger charge is 2.40. The van der Waals surface area contributed by atoms with E-state index in [2.05, 4.69) is 9.97 Å². The summed E-state index contributed by atoms with van der Waals surface area (Å²) in [7, 11) is -8.90. The van der Waals surface area contributed by atoms with Crippen molar-refractivity contribution in [3.63, 3.8) is 0 Å². The van der Waals surface area contributed by atoms with Crippen LogP contribution in [0.3, 0.4) is 0 Å². The summed E-state index contributed by atoms with van der Waals surface area (Å²) < 4.78 is 140. The molecule has 22 heteroatoms. The van der Waals surface area contributed by atoms with Crippen LogP contribution in [0.5, 0.6) is 11.5 Å². The lowest BCUT2D eigenvalue weighted by Crippen LogP contribution is -2.41. The minimum absolute atomic E-state index is 0.0197. The van der Waals surface area contributed by atoms with Gasteiger partial charge in [-0.1, -0.05) is 58.9 Å². The Labute approximate surface area is 420 Å². The van der Waals surface area contributed by atoms with Crippen LogP contribution < -0.4 is 35.3 Å². The van der Waals surface area contributed by atoms with Gasteiger partial charge < -0.3 is 25.8 Å². The van der Waals surface area contributed by atoms with Gasteiger partial charge in [-0.3, -0.25) is 9.59 Å². The van der Waals surface area contributed by atoms with Gasteiger partial charge in [-0.25, -0.2) is 41.4 Å². The van der Waals surface area contributed by atoms with Crippen LogP contribution in [0.4, 0.5) is 39.3 Å². The van der Waals surface area contributed by atoms with Gasteiger partial charge >= 0.3 is 0 Å². The second kappa shape index (κ2) is 22.2. The molecule has 0 aliphatic carbocycles. The first kappa shape index (κ1) is 55.0. The van der Waals surface area contributed by atoms with Crippen molar-refractivity contribution in [2.45, 2.75) is 70.5 Å². The Morgan fingerprint density at radius 2 is 1.10 bits per heavy atom. The van der Waals surface area contributed by atoms with E-state index in [-0.39, 0.29) is 81.0 Å². The van der Waals surface area contributed by atoms with E-state index < -0.39 is 82.1 Å². The number of rotatable bonds is 15. The molecule has 1 atom stereocenters. The van der Waals surface area contributed by atoms with Crippen molar-refractivity contribution in [2.24, 2.45) is 17.8 Å². The second-order valence-corrected chi connectivity index (χ2v) is 22.0. The number of carbonyl (C=O) groups excluding carboxylic acids is 2. The number of sulfonamides is 2. The van der Waals surface area contributed by atoms with Crippen LogP contribution in [-0.4, -0.2) is 63.9 Å². The van der Waals surface area contributed by atoms with Crippen LogP contribution in [0.15, 0.2) is 107 Å². The number of anilines is 3. The summed E-state index contributed by atoms with van der Waals surface area (Å²) in [5.41, 5.74) is 9.32. The van der Waals surface area contributed by atoms with Crippen molar-refractivity contribution >= 4 is 49.2 Å². The molecule has 1 unspecified atom stereocenters. The number of nitrogen functional groups attached to an aromatic ring is 2. The van der Waals surface area contributed by atoms with Gasteiger partial charge in [0.2, 0.25) is 0 Å². The van der Waals surface area contributed by atoms with Crippen molar-refractivity contribution in [3.05, 3.63) is 137 Å². The number of ether oxygens (including phenoxy) is 2. The second-order valence-electron chi connectivity index (χ2n) is 18.8. The van der Waals surface area contributed by atoms with Crippen LogP contribution in [-0.2, 0) is 20.0 Å². The lowest BCUT2D eigenvalue weighted by Gasteiger charge is -2.35. The Hall–Kier alpha value is -7.33. The number of nitrogens with two attached hydrogens (primary N) is 2. The van der Waals surface area contributed by atoms with Crippen LogP contribution in [0.2, 0.25) is 0 Å². The first-order valence-electron chi connectivity index (χ1n) is 22.7. The SMILES string of the molecule is CC(C)COc1cc(F)cc(-c2ccc(C(=O)NS(=O)(=O)c3cccc(N)n3)c(F)c2F)c1.CC(C)COc1cc(F)cc(-c2ccc(C(=O)NS(=O)(=O)c3cccc(N)n3)c(N3CC(C)CC3(C)C)c2F)c1. The molecule has 2 aromatic heterocycles. The fraction of sp³-hybridized carbons (Fsp3) is 0.294. The number of hydrogen-bond acceptors (Lipinski definition) is 13. The largest absolute Gasteiger partial charge is 0.493 e. The van der Waals surface area contributed by atoms with Gasteiger partial charge in [0.25, 0.3) is 31.9 Å². The van der Waals surface area contributed by atoms with Crippen LogP contribution in [0.25, 0.3) is 22.3 Å². The van der Waals surface area contributed by atoms with Gasteiger partial charge in [-0.2, -0.15) is 16.8 Å². The molecule has 1 aliphatic heterocycles. The lowest BCUT2D eigenvalue weighted by atomic mass is 9.95. The van der Waals surface area contributed by atoms with E-state index in [4.69, 9.17) is 20.9 Å². The molecule has 4 aromatic carbocycles. The smallest absolute Gasteiger partial charge is 0.281 e. The Balaban J connectivity index is 0.000000243. The number of hydrogen-bond donors (Lipinski definition) is 4. The third-order valence-corrected chi connectivity index (χ3v) is 13.5. The fourth-order valence-electron chi connectivity index (χ4n) is 7.91. The molecule has 0 radical (unpaired) electrons. The third-order valence-electron chi connectivity index (χ3n) is 11.1. The van der Waals surface area contributed by atoms with Gasteiger partial charge in [0, 0.05) is 35.3 Å². The molecule has 0 bridgehead atoms. The monoisotopic (exact) mass is 1050 g/mol. The molecule has 0 spiro atoms. The Morgan fingerprint density at radius 3 is 1.52 bits per heavy atom. The lowest BCUT2D eigenvalue weighted by molar-refractivity contribution is 0.0969. The fourth-order valence-corrected chi connectivity index (χ4v) is 9.79. The average molecular weight is 1050 g/mol. The van der Waals surface area contributed by atoms with E-state index in [1.807, 2.05) is 53.2 Å². The van der Waals surface area contributed by atoms with Crippen molar-refractivity contribution in [1.29, 1.82) is 0 Å². The van der Waals surface area contributed by atoms with E-state index in [1.54, 1.807) is 15.7 Å². The highest BCUT2D eigenvalue weighted by Crippen LogP contribution is 2.43. The zero-order valence-corrected chi connectivity index (χ0v) is 42.4. The van der Waals surface area contributed by atoms with Gasteiger partial charge in [0.05, 0.1) is 30.0 Å². The number of pyridine rings is 2. The van der Waals surface area contributed by atoms with Crippen molar-refractivity contribution in [1.82, 2.24) is 19.4 Å². The summed E-state index contributed by atoms with van der Waals surface area (Å²) in [6.45, 7) is 14.6. The van der Waals surface area contributed by atoms with E-state index in [9.17, 15) is 44.0 Å². The number of benzene rings is 4. The molecular weight excluding hydrogens is 998 g/mol. The van der Waals surface area contributed by atoms with Crippen LogP contribution in [0.1, 0.15) is 75.6 Å². The van der Waals surface area contributed by atoms with Crippen LogP contribution in [0, 0.1) is 46.8 Å². The predicted molar refractivity (Wildman–Crippen MR) is 266 cm³/mol. The third kappa shape index (κ3) is 13.4. The van der Waals surface area contributed by atoms with Crippen molar-refractivity contribution in [3.8, 4) is 33.8 Å². The number of carbonyl (C=O) groups is 2. The number of aromatic nitrogens is 2. The molecule has 1 fully saturated rings. The topological polar surface area (TPSA) is 226 Å². The number of halogens is 5. The van der Waals surface area contributed by atoms with E-state index in [0.717, 1.165) is 36.8 Å². The molecule has 2 amide bonds. The summed E-state index contributed by atoms with van der Waals surface area (Å²) in [5, 5.41) is -1.01. The van der Waals surface area contributed by atoms with Crippen molar-refractivity contribution < 1.29 is 57.9 Å². The summed E-state index contributed by atoms with van der Waals surface area (Å²) in [6.07, 6.45) is 0.719. The molecule has 0 saturated carbocycles. The molecule has 1 saturated heterocycles. The van der Waals surface area contributed by atoms with Gasteiger partial charge in [-0.05, 0) is 110 Å². The molecule has 1 aliphatic rings. The summed E-state index contributed by atoms with van der Waals surface area (Å²) in [4.78, 5) is 34.9. The van der Waals surface area contributed by atoms with Crippen LogP contribution >= 0.6 is 0 Å². The number of nitrogens with one attached hydrogen (secondary N) is 2. The summed E-state index contributed by atoms with van der Waals surface area (Å²) in [6, 6.07) is 19.7. The molecule has 388 valence electrons. The molecule has 3 heterocycles. The Kier molecular flexibility index (Phi) is 16.7. The first-order chi connectivity index (χ1) is 34.1. The summed E-state index contributed by atoms with van der Waals surface area (Å²) >= 11 is 0. The molecule has 7 rings (SSSR count). The zero-order valence-electron chi connectivity index (χ0n) is 40.8. The highest BCUT2D eigenvalue weighted by molar-refractivity contribution is 7.90. The van der Waals surface area contributed by atoms with Crippen molar-refractivity contribution in [2.75, 3.05) is 36.1 Å². The standard InChI is InChI=1S/C29H34F2N4O4S.C22H20F3N3O4S/c1-17(2)16-39-21-12-19(11-20(30)13-21)22-9-10-23(27(26(22)31)35-15-18(3)14-29(35,4)5)28(36)34-40(37,38)25-8-6-7-24(32)33-25;1-12(2)11-32-15-9-13(8-14(23)10-15)16-6-7-17(21(25)20(16)24)22(29)28-33(30,31)19-5-3-4-18(26)27-19/h6-13,17-18H,14-16H2,1-5H3,(H2,32,33)(H,34,36);3-10,12H,11H2,1-2H3,(H2,26,27)(H,28,29). The minimum Gasteiger partial charge on any atom is -0.493 e. The summed E-state index contributed by atoms with van der Waals surface area (Å²) in [5.74, 6) is -6.83. The minimum atomic E-state index is -4.49. The highest BCUT2D eigenvalue weighted by atomic mass is 32.2. The maximum Gasteiger partial charge on any atom is 0.281 e. The van der Waals surface area contributed by atoms with Gasteiger partial charge in [0.1, 0.15) is 34.8 Å². The van der Waals surface area contributed by atoms with Gasteiger partial charge in [-0.15, -0.1) is 0 Å². The molecule has 73 heavy (non-hydrogen) atoms. The van der Waals surface area contributed by atoms with E-state index in [0.29, 0.717) is 13.2 Å². The Morgan fingerprint density at radius 1 is 0.658 bits per heavy atom. The van der Waals surface area contributed by atoms with E-state index >= 15 is 4.39 Å².